The Morgan fingerprint density at radius 2 is 2.22 bits per heavy atom. The molecule has 1 aromatic heterocycles. The number of carbonyl (C=O) groups is 3. The molecule has 0 atom stereocenters. The highest BCUT2D eigenvalue weighted by Crippen LogP contribution is 2.23. The van der Waals surface area contributed by atoms with Gasteiger partial charge in [-0.2, -0.15) is 0 Å². The summed E-state index contributed by atoms with van der Waals surface area (Å²) in [5, 5.41) is 5.38. The molecule has 8 heteroatoms. The van der Waals surface area contributed by atoms with E-state index in [1.807, 2.05) is 0 Å². The molecule has 0 unspecified atom stereocenters. The highest BCUT2D eigenvalue weighted by molar-refractivity contribution is 7.12. The van der Waals surface area contributed by atoms with Gasteiger partial charge < -0.3 is 10.6 Å². The van der Waals surface area contributed by atoms with Gasteiger partial charge in [-0.25, -0.2) is 14.7 Å². The summed E-state index contributed by atoms with van der Waals surface area (Å²) in [7, 11) is 0. The van der Waals surface area contributed by atoms with E-state index < -0.39 is 6.03 Å². The van der Waals surface area contributed by atoms with Gasteiger partial charge in [0.15, 0.2) is 0 Å². The first-order valence-corrected chi connectivity index (χ1v) is 7.86. The molecule has 1 aromatic carbocycles. The molecule has 1 fully saturated rings. The topological polar surface area (TPSA) is 91.4 Å². The van der Waals surface area contributed by atoms with Gasteiger partial charge in [0.05, 0.1) is 16.9 Å². The number of amides is 4. The number of urea groups is 1. The van der Waals surface area contributed by atoms with Crippen LogP contribution in [0.2, 0.25) is 0 Å². The molecule has 23 heavy (non-hydrogen) atoms. The molecular weight excluding hydrogens is 316 g/mol. The minimum atomic E-state index is -0.456. The number of benzene rings is 1. The Bertz CT molecular complexity index is 771. The Kier molecular flexibility index (Phi) is 4.07. The van der Waals surface area contributed by atoms with Crippen molar-refractivity contribution in [3.8, 4) is 0 Å². The van der Waals surface area contributed by atoms with Gasteiger partial charge in [0, 0.05) is 18.7 Å². The van der Waals surface area contributed by atoms with Crippen LogP contribution < -0.4 is 15.5 Å². The van der Waals surface area contributed by atoms with Crippen LogP contribution >= 0.6 is 11.3 Å². The quantitative estimate of drug-likeness (QED) is 0.902. The minimum Gasteiger partial charge on any atom is -0.337 e. The van der Waals surface area contributed by atoms with Crippen LogP contribution in [0.15, 0.2) is 29.8 Å². The molecule has 1 aliphatic rings. The van der Waals surface area contributed by atoms with Gasteiger partial charge in [0.2, 0.25) is 5.91 Å². The predicted molar refractivity (Wildman–Crippen MR) is 86.7 cm³/mol. The third-order valence-corrected chi connectivity index (χ3v) is 4.31. The average molecular weight is 330 g/mol. The van der Waals surface area contributed by atoms with E-state index in [9.17, 15) is 14.4 Å². The van der Waals surface area contributed by atoms with Crippen LogP contribution in [0.1, 0.15) is 21.8 Å². The van der Waals surface area contributed by atoms with Crippen LogP contribution in [0.5, 0.6) is 0 Å². The van der Waals surface area contributed by atoms with E-state index in [1.165, 1.54) is 11.3 Å². The Morgan fingerprint density at radius 3 is 2.91 bits per heavy atom. The van der Waals surface area contributed by atoms with E-state index in [0.717, 1.165) is 4.90 Å². The van der Waals surface area contributed by atoms with Gasteiger partial charge in [-0.3, -0.25) is 9.59 Å². The molecule has 0 bridgehead atoms. The van der Waals surface area contributed by atoms with Crippen molar-refractivity contribution in [2.24, 2.45) is 0 Å². The zero-order valence-electron chi connectivity index (χ0n) is 12.3. The van der Waals surface area contributed by atoms with E-state index >= 15 is 0 Å². The second-order valence-electron chi connectivity index (χ2n) is 4.98. The number of anilines is 2. The van der Waals surface area contributed by atoms with Crippen molar-refractivity contribution in [1.29, 1.82) is 0 Å². The fourth-order valence-electron chi connectivity index (χ4n) is 2.27. The molecule has 0 radical (unpaired) electrons. The van der Waals surface area contributed by atoms with Crippen LogP contribution in [0.4, 0.5) is 16.2 Å². The van der Waals surface area contributed by atoms with Crippen molar-refractivity contribution in [2.45, 2.75) is 13.3 Å². The minimum absolute atomic E-state index is 0.252. The first kappa shape index (κ1) is 15.2. The number of nitrogens with one attached hydrogen (secondary N) is 2. The van der Waals surface area contributed by atoms with Crippen LogP contribution in [0, 0.1) is 6.92 Å². The van der Waals surface area contributed by atoms with E-state index in [4.69, 9.17) is 0 Å². The lowest BCUT2D eigenvalue weighted by Crippen LogP contribution is -2.50. The third kappa shape index (κ3) is 3.07. The number of nitrogens with zero attached hydrogens (tertiary/aromatic N) is 2. The zero-order valence-corrected chi connectivity index (χ0v) is 13.1. The molecule has 0 aliphatic carbocycles. The standard InChI is InChI=1S/C15H14N4O3S/c1-9-13(23-8-17-9)14(21)18-10-3-2-4-11(7-10)19-12(20)5-6-16-15(19)22/h2-4,7-8H,5-6H2,1H3,(H,16,22)(H,18,21). The fourth-order valence-corrected chi connectivity index (χ4v) is 2.97. The van der Waals surface area contributed by atoms with E-state index in [1.54, 1.807) is 36.7 Å². The normalized spacial score (nSPS) is 14.6. The molecule has 0 spiro atoms. The highest BCUT2D eigenvalue weighted by atomic mass is 32.1. The largest absolute Gasteiger partial charge is 0.337 e. The van der Waals surface area contributed by atoms with Crippen molar-refractivity contribution in [3.63, 3.8) is 0 Å². The maximum atomic E-state index is 12.2. The second-order valence-corrected chi connectivity index (χ2v) is 5.84. The Morgan fingerprint density at radius 1 is 1.39 bits per heavy atom. The monoisotopic (exact) mass is 330 g/mol. The van der Waals surface area contributed by atoms with Gasteiger partial charge in [-0.05, 0) is 25.1 Å². The lowest BCUT2D eigenvalue weighted by molar-refractivity contribution is -0.118. The summed E-state index contributed by atoms with van der Waals surface area (Å²) in [6, 6.07) is 6.17. The number of aromatic nitrogens is 1. The SMILES string of the molecule is Cc1ncsc1C(=O)Nc1cccc(N2C(=O)CCNC2=O)c1. The lowest BCUT2D eigenvalue weighted by atomic mass is 10.2. The highest BCUT2D eigenvalue weighted by Gasteiger charge is 2.27. The average Bonchev–Trinajstić information content (AvgIpc) is 2.94. The number of imide groups is 1. The fraction of sp³-hybridized carbons (Fsp3) is 0.200. The van der Waals surface area contributed by atoms with E-state index in [2.05, 4.69) is 15.6 Å². The Labute approximate surface area is 136 Å². The number of rotatable bonds is 3. The van der Waals surface area contributed by atoms with E-state index in [0.29, 0.717) is 28.5 Å². The van der Waals surface area contributed by atoms with Gasteiger partial charge >= 0.3 is 6.03 Å². The Hall–Kier alpha value is -2.74. The Balaban J connectivity index is 1.83. The van der Waals surface area contributed by atoms with Crippen LogP contribution in [-0.2, 0) is 4.79 Å². The first-order valence-electron chi connectivity index (χ1n) is 6.98. The molecule has 2 N–H and O–H groups in total. The van der Waals surface area contributed by atoms with Gasteiger partial charge in [-0.1, -0.05) is 6.07 Å². The van der Waals surface area contributed by atoms with Gasteiger partial charge in [0.25, 0.3) is 5.91 Å². The first-order chi connectivity index (χ1) is 11.1. The summed E-state index contributed by atoms with van der Waals surface area (Å²) in [6.07, 6.45) is 0.252. The summed E-state index contributed by atoms with van der Waals surface area (Å²) < 4.78 is 0. The maximum Gasteiger partial charge on any atom is 0.328 e. The van der Waals surface area contributed by atoms with Gasteiger partial charge in [-0.15, -0.1) is 11.3 Å². The van der Waals surface area contributed by atoms with Crippen molar-refractivity contribution >= 4 is 40.6 Å². The number of aryl methyl sites for hydroxylation is 1. The third-order valence-electron chi connectivity index (χ3n) is 3.38. The maximum absolute atomic E-state index is 12.2. The molecule has 2 heterocycles. The predicted octanol–water partition coefficient (Wildman–Crippen LogP) is 2.15. The number of hydrogen-bond acceptors (Lipinski definition) is 5. The summed E-state index contributed by atoms with van der Waals surface area (Å²) in [5.41, 5.74) is 3.20. The smallest absolute Gasteiger partial charge is 0.328 e. The van der Waals surface area contributed by atoms with Crippen LogP contribution in [-0.4, -0.2) is 29.4 Å². The lowest BCUT2D eigenvalue weighted by Gasteiger charge is -2.25. The number of hydrogen-bond donors (Lipinski definition) is 2. The molecule has 1 aliphatic heterocycles. The van der Waals surface area contributed by atoms with Crippen LogP contribution in [0.25, 0.3) is 0 Å². The zero-order chi connectivity index (χ0) is 16.4. The molecule has 0 saturated carbocycles. The number of thiazole rings is 1. The van der Waals surface area contributed by atoms with Crippen molar-refractivity contribution in [3.05, 3.63) is 40.3 Å². The molecular formula is C15H14N4O3S. The molecule has 3 rings (SSSR count). The van der Waals surface area contributed by atoms with E-state index in [-0.39, 0.29) is 18.2 Å². The summed E-state index contributed by atoms with van der Waals surface area (Å²) in [6.45, 7) is 2.10. The van der Waals surface area contributed by atoms with Crippen molar-refractivity contribution in [1.82, 2.24) is 10.3 Å². The molecule has 7 nitrogen and oxygen atoms in total. The molecule has 118 valence electrons. The molecule has 1 saturated heterocycles. The summed E-state index contributed by atoms with van der Waals surface area (Å²) >= 11 is 1.26. The van der Waals surface area contributed by atoms with Gasteiger partial charge in [0.1, 0.15) is 4.88 Å². The van der Waals surface area contributed by atoms with Crippen molar-refractivity contribution in [2.75, 3.05) is 16.8 Å². The number of carbonyl (C=O) groups excluding carboxylic acids is 3. The molecule has 4 amide bonds. The summed E-state index contributed by atoms with van der Waals surface area (Å²) in [5.74, 6) is -0.535. The van der Waals surface area contributed by atoms with Crippen LogP contribution in [0.3, 0.4) is 0 Å². The van der Waals surface area contributed by atoms with Crippen molar-refractivity contribution < 1.29 is 14.4 Å². The second kappa shape index (κ2) is 6.17. The molecule has 2 aromatic rings. The summed E-state index contributed by atoms with van der Waals surface area (Å²) in [4.78, 5) is 41.7.